The van der Waals surface area contributed by atoms with Gasteiger partial charge in [-0.3, -0.25) is 9.89 Å². The van der Waals surface area contributed by atoms with Gasteiger partial charge < -0.3 is 19.9 Å². The van der Waals surface area contributed by atoms with Crippen LogP contribution in [0.2, 0.25) is 0 Å². The first kappa shape index (κ1) is 24.6. The first-order valence-electron chi connectivity index (χ1n) is 12.3. The van der Waals surface area contributed by atoms with E-state index in [1.54, 1.807) is 14.2 Å². The van der Waals surface area contributed by atoms with Crippen molar-refractivity contribution in [1.82, 2.24) is 4.90 Å². The molecule has 2 aliphatic heterocycles. The number of benzene rings is 2. The van der Waals surface area contributed by atoms with Crippen LogP contribution in [0.1, 0.15) is 50.3 Å². The smallest absolute Gasteiger partial charge is 0.165 e. The van der Waals surface area contributed by atoms with Gasteiger partial charge in [-0.2, -0.15) is 0 Å². The predicted molar refractivity (Wildman–Crippen MR) is 137 cm³/mol. The molecule has 0 saturated carbocycles. The van der Waals surface area contributed by atoms with Crippen molar-refractivity contribution >= 4 is 5.84 Å². The molecule has 2 aromatic rings. The summed E-state index contributed by atoms with van der Waals surface area (Å²) in [4.78, 5) is 7.30. The number of methoxy groups -OCH3 is 2. The zero-order valence-corrected chi connectivity index (χ0v) is 21.0. The van der Waals surface area contributed by atoms with Gasteiger partial charge in [-0.15, -0.1) is 0 Å². The molecule has 2 fully saturated rings. The molecule has 2 aromatic carbocycles. The van der Waals surface area contributed by atoms with Crippen molar-refractivity contribution in [2.45, 2.75) is 51.2 Å². The summed E-state index contributed by atoms with van der Waals surface area (Å²) in [5, 5.41) is 0. The molecule has 2 saturated heterocycles. The van der Waals surface area contributed by atoms with Crippen LogP contribution in [0.15, 0.2) is 53.5 Å². The predicted octanol–water partition coefficient (Wildman–Crippen LogP) is 4.63. The summed E-state index contributed by atoms with van der Waals surface area (Å²) in [5.41, 5.74) is 9.23. The average molecular weight is 466 g/mol. The summed E-state index contributed by atoms with van der Waals surface area (Å²) in [7, 11) is 3.35. The van der Waals surface area contributed by atoms with Crippen molar-refractivity contribution in [2.75, 3.05) is 40.5 Å². The van der Waals surface area contributed by atoms with Crippen molar-refractivity contribution in [3.8, 4) is 11.5 Å². The molecule has 1 unspecified atom stereocenters. The van der Waals surface area contributed by atoms with Crippen LogP contribution in [0.3, 0.4) is 0 Å². The van der Waals surface area contributed by atoms with Gasteiger partial charge in [-0.05, 0) is 69.7 Å². The van der Waals surface area contributed by atoms with Crippen molar-refractivity contribution in [3.05, 3.63) is 59.7 Å². The fourth-order valence-corrected chi connectivity index (χ4v) is 5.65. The third-order valence-corrected chi connectivity index (χ3v) is 7.34. The second kappa shape index (κ2) is 10.4. The Kier molecular flexibility index (Phi) is 7.48. The summed E-state index contributed by atoms with van der Waals surface area (Å²) >= 11 is 0. The molecule has 2 N–H and O–H groups in total. The van der Waals surface area contributed by atoms with Gasteiger partial charge in [0.1, 0.15) is 5.84 Å². The molecule has 0 radical (unpaired) electrons. The van der Waals surface area contributed by atoms with Gasteiger partial charge in [0.05, 0.1) is 32.5 Å². The number of hydrogen-bond donors (Lipinski definition) is 1. The van der Waals surface area contributed by atoms with E-state index in [0.717, 1.165) is 56.7 Å². The number of nitrogens with two attached hydrogens (primary N) is 1. The summed E-state index contributed by atoms with van der Waals surface area (Å²) in [5.74, 6) is 2.06. The fraction of sp³-hybridized carbons (Fsp3) is 0.536. The molecule has 6 nitrogen and oxygen atoms in total. The lowest BCUT2D eigenvalue weighted by Gasteiger charge is -2.42. The van der Waals surface area contributed by atoms with Crippen LogP contribution in [0.25, 0.3) is 0 Å². The van der Waals surface area contributed by atoms with Gasteiger partial charge >= 0.3 is 0 Å². The number of hydrogen-bond acceptors (Lipinski definition) is 5. The van der Waals surface area contributed by atoms with E-state index < -0.39 is 0 Å². The number of rotatable bonds is 8. The molecular formula is C28H39N3O3. The third kappa shape index (κ3) is 5.39. The second-order valence-electron chi connectivity index (χ2n) is 10.3. The van der Waals surface area contributed by atoms with E-state index in [1.807, 2.05) is 18.2 Å². The second-order valence-corrected chi connectivity index (χ2v) is 10.3. The third-order valence-electron chi connectivity index (χ3n) is 7.34. The molecular weight excluding hydrogens is 426 g/mol. The number of likely N-dealkylation sites (tertiary alicyclic amines) is 1. The summed E-state index contributed by atoms with van der Waals surface area (Å²) in [6, 6.07) is 16.3. The van der Waals surface area contributed by atoms with Crippen molar-refractivity contribution < 1.29 is 14.2 Å². The zero-order valence-electron chi connectivity index (χ0n) is 21.0. The SMILES string of the molecule is COc1cccc(C(C(N)=NCCc2ccccc2)N2CCC3(CC2)COC(C)(C)C3)c1OC. The fourth-order valence-electron chi connectivity index (χ4n) is 5.65. The molecule has 0 aromatic heterocycles. The standard InChI is InChI=1S/C28H39N3O3/c1-27(2)19-28(20-34-27)14-17-31(18-15-28)24(22-11-8-12-23(32-3)25(22)33-4)26(29)30-16-13-21-9-6-5-7-10-21/h5-12,24H,13-20H2,1-4H3,(H2,29,30). The summed E-state index contributed by atoms with van der Waals surface area (Å²) < 4.78 is 17.5. The Balaban J connectivity index is 1.58. The highest BCUT2D eigenvalue weighted by Crippen LogP contribution is 2.48. The van der Waals surface area contributed by atoms with E-state index in [1.165, 1.54) is 5.56 Å². The van der Waals surface area contributed by atoms with Crippen LogP contribution in [0, 0.1) is 5.41 Å². The van der Waals surface area contributed by atoms with Crippen molar-refractivity contribution in [3.63, 3.8) is 0 Å². The highest BCUT2D eigenvalue weighted by Gasteiger charge is 2.47. The lowest BCUT2D eigenvalue weighted by atomic mass is 9.74. The van der Waals surface area contributed by atoms with Gasteiger partial charge in [-0.1, -0.05) is 42.5 Å². The molecule has 2 aliphatic rings. The number of piperidine rings is 1. The molecule has 0 amide bonds. The van der Waals surface area contributed by atoms with Crippen LogP contribution in [0.4, 0.5) is 0 Å². The van der Waals surface area contributed by atoms with Crippen molar-refractivity contribution in [1.29, 1.82) is 0 Å². The van der Waals surface area contributed by atoms with E-state index in [9.17, 15) is 0 Å². The maximum atomic E-state index is 6.74. The average Bonchev–Trinajstić information content (AvgIpc) is 3.14. The molecule has 34 heavy (non-hydrogen) atoms. The molecule has 6 heteroatoms. The van der Waals surface area contributed by atoms with Gasteiger partial charge in [0.25, 0.3) is 0 Å². The lowest BCUT2D eigenvalue weighted by molar-refractivity contribution is 0.0234. The lowest BCUT2D eigenvalue weighted by Crippen LogP contribution is -2.46. The molecule has 184 valence electrons. The maximum absolute atomic E-state index is 6.74. The molecule has 1 spiro atoms. The van der Waals surface area contributed by atoms with Crippen LogP contribution in [-0.4, -0.2) is 56.8 Å². The Morgan fingerprint density at radius 1 is 1.06 bits per heavy atom. The zero-order chi connectivity index (χ0) is 24.2. The van der Waals surface area contributed by atoms with Crippen LogP contribution in [-0.2, 0) is 11.2 Å². The van der Waals surface area contributed by atoms with Crippen LogP contribution < -0.4 is 15.2 Å². The number of para-hydroxylation sites is 1. The first-order chi connectivity index (χ1) is 16.4. The minimum atomic E-state index is -0.159. The molecule has 2 heterocycles. The molecule has 1 atom stereocenters. The number of amidine groups is 1. The Bertz CT molecular complexity index is 982. The highest BCUT2D eigenvalue weighted by atomic mass is 16.5. The van der Waals surface area contributed by atoms with E-state index in [2.05, 4.69) is 49.1 Å². The van der Waals surface area contributed by atoms with E-state index in [-0.39, 0.29) is 17.1 Å². The van der Waals surface area contributed by atoms with E-state index in [4.69, 9.17) is 24.9 Å². The number of nitrogens with zero attached hydrogens (tertiary/aromatic N) is 2. The summed E-state index contributed by atoms with van der Waals surface area (Å²) in [6.07, 6.45) is 4.16. The monoisotopic (exact) mass is 465 g/mol. The normalized spacial score (nSPS) is 20.9. The van der Waals surface area contributed by atoms with Gasteiger partial charge in [0.15, 0.2) is 11.5 Å². The topological polar surface area (TPSA) is 69.3 Å². The Hall–Kier alpha value is -2.57. The first-order valence-corrected chi connectivity index (χ1v) is 12.3. The van der Waals surface area contributed by atoms with Crippen molar-refractivity contribution in [2.24, 2.45) is 16.1 Å². The van der Waals surface area contributed by atoms with Gasteiger partial charge in [-0.25, -0.2) is 0 Å². The quantitative estimate of drug-likeness (QED) is 0.455. The minimum Gasteiger partial charge on any atom is -0.493 e. The number of aliphatic imine (C=N–C) groups is 1. The highest BCUT2D eigenvalue weighted by molar-refractivity contribution is 5.88. The molecule has 0 bridgehead atoms. The number of ether oxygens (including phenoxy) is 3. The Morgan fingerprint density at radius 3 is 2.41 bits per heavy atom. The largest absolute Gasteiger partial charge is 0.493 e. The maximum Gasteiger partial charge on any atom is 0.165 e. The van der Waals surface area contributed by atoms with E-state index in [0.29, 0.717) is 18.1 Å². The Morgan fingerprint density at radius 2 is 1.79 bits per heavy atom. The van der Waals surface area contributed by atoms with Crippen LogP contribution in [0.5, 0.6) is 11.5 Å². The Labute approximate surface area is 204 Å². The summed E-state index contributed by atoms with van der Waals surface area (Å²) in [6.45, 7) is 7.80. The molecule has 0 aliphatic carbocycles. The van der Waals surface area contributed by atoms with E-state index >= 15 is 0 Å². The van der Waals surface area contributed by atoms with Gasteiger partial charge in [0.2, 0.25) is 0 Å². The van der Waals surface area contributed by atoms with Gasteiger partial charge in [0, 0.05) is 12.1 Å². The molecule has 4 rings (SSSR count). The minimum absolute atomic E-state index is 0.0322. The van der Waals surface area contributed by atoms with Crippen LogP contribution >= 0.6 is 0 Å².